The van der Waals surface area contributed by atoms with Crippen LogP contribution in [0.1, 0.15) is 37.7 Å². The molecule has 0 aliphatic carbocycles. The Morgan fingerprint density at radius 3 is 2.63 bits per heavy atom. The van der Waals surface area contributed by atoms with Gasteiger partial charge in [0.25, 0.3) is 0 Å². The highest BCUT2D eigenvalue weighted by molar-refractivity contribution is 5.89. The number of aryl methyl sites for hydroxylation is 1. The molecule has 1 aliphatic rings. The van der Waals surface area contributed by atoms with Crippen molar-refractivity contribution in [1.82, 2.24) is 9.55 Å². The van der Waals surface area contributed by atoms with Crippen molar-refractivity contribution in [2.75, 3.05) is 11.4 Å². The van der Waals surface area contributed by atoms with Crippen molar-refractivity contribution in [2.45, 2.75) is 39.3 Å². The standard InChI is InChI=1S/C12H17N3O4/c1-12(2,3)19-11(18)15-6-4-5-14-7-8(9(16)17)13-10(14)15/h7H,4-6H2,1-3H3,(H,16,17). The van der Waals surface area contributed by atoms with Gasteiger partial charge in [0.2, 0.25) is 5.95 Å². The molecular formula is C12H17N3O4. The van der Waals surface area contributed by atoms with E-state index in [2.05, 4.69) is 4.98 Å². The van der Waals surface area contributed by atoms with E-state index in [4.69, 9.17) is 9.84 Å². The number of carboxylic acids is 1. The van der Waals surface area contributed by atoms with Crippen molar-refractivity contribution in [1.29, 1.82) is 0 Å². The zero-order valence-corrected chi connectivity index (χ0v) is 11.2. The minimum atomic E-state index is -1.11. The van der Waals surface area contributed by atoms with Crippen LogP contribution in [0.4, 0.5) is 10.7 Å². The molecule has 0 aromatic carbocycles. The molecule has 104 valence electrons. The number of imidazole rings is 1. The summed E-state index contributed by atoms with van der Waals surface area (Å²) in [5.41, 5.74) is -0.660. The highest BCUT2D eigenvalue weighted by atomic mass is 16.6. The topological polar surface area (TPSA) is 84.7 Å². The molecule has 0 atom stereocenters. The van der Waals surface area contributed by atoms with Gasteiger partial charge in [-0.05, 0) is 27.2 Å². The Balaban J connectivity index is 2.26. The van der Waals surface area contributed by atoms with Crippen molar-refractivity contribution in [2.24, 2.45) is 0 Å². The fourth-order valence-electron chi connectivity index (χ4n) is 1.88. The molecule has 0 spiro atoms. The molecule has 19 heavy (non-hydrogen) atoms. The van der Waals surface area contributed by atoms with Crippen molar-refractivity contribution >= 4 is 18.0 Å². The van der Waals surface area contributed by atoms with Crippen LogP contribution in [-0.2, 0) is 11.3 Å². The average molecular weight is 267 g/mol. The highest BCUT2D eigenvalue weighted by Crippen LogP contribution is 2.22. The van der Waals surface area contributed by atoms with E-state index in [1.807, 2.05) is 0 Å². The largest absolute Gasteiger partial charge is 0.476 e. The summed E-state index contributed by atoms with van der Waals surface area (Å²) in [7, 11) is 0. The summed E-state index contributed by atoms with van der Waals surface area (Å²) in [6.07, 6.45) is 1.67. The lowest BCUT2D eigenvalue weighted by Crippen LogP contribution is -2.41. The molecule has 0 bridgehead atoms. The summed E-state index contributed by atoms with van der Waals surface area (Å²) >= 11 is 0. The van der Waals surface area contributed by atoms with Gasteiger partial charge in [0, 0.05) is 19.3 Å². The van der Waals surface area contributed by atoms with Crippen molar-refractivity contribution in [3.8, 4) is 0 Å². The maximum absolute atomic E-state index is 12.1. The smallest absolute Gasteiger partial charge is 0.417 e. The van der Waals surface area contributed by atoms with Crippen LogP contribution in [-0.4, -0.2) is 38.9 Å². The van der Waals surface area contributed by atoms with E-state index in [1.54, 1.807) is 25.3 Å². The molecule has 0 saturated carbocycles. The Bertz CT molecular complexity index is 516. The Morgan fingerprint density at radius 2 is 2.05 bits per heavy atom. The van der Waals surface area contributed by atoms with E-state index in [1.165, 1.54) is 11.1 Å². The minimum Gasteiger partial charge on any atom is -0.476 e. The molecule has 1 amide bonds. The number of hydrogen-bond acceptors (Lipinski definition) is 4. The number of aromatic nitrogens is 2. The van der Waals surface area contributed by atoms with E-state index in [-0.39, 0.29) is 5.69 Å². The molecule has 1 N–H and O–H groups in total. The SMILES string of the molecule is CC(C)(C)OC(=O)N1CCCn2cc(C(=O)O)nc21. The molecule has 0 saturated heterocycles. The van der Waals surface area contributed by atoms with Crippen LogP contribution in [0.15, 0.2) is 6.20 Å². The third kappa shape index (κ3) is 2.86. The van der Waals surface area contributed by atoms with Crippen molar-refractivity contribution in [3.63, 3.8) is 0 Å². The van der Waals surface area contributed by atoms with Gasteiger partial charge in [-0.1, -0.05) is 0 Å². The number of nitrogens with zero attached hydrogens (tertiary/aromatic N) is 3. The van der Waals surface area contributed by atoms with Crippen molar-refractivity contribution < 1.29 is 19.4 Å². The van der Waals surface area contributed by atoms with Gasteiger partial charge >= 0.3 is 12.1 Å². The maximum atomic E-state index is 12.1. The van der Waals surface area contributed by atoms with Gasteiger partial charge < -0.3 is 14.4 Å². The minimum absolute atomic E-state index is 0.0644. The van der Waals surface area contributed by atoms with Crippen LogP contribution in [0.25, 0.3) is 0 Å². The summed E-state index contributed by atoms with van der Waals surface area (Å²) in [6, 6.07) is 0. The number of carboxylic acid groups (broad SMARTS) is 1. The van der Waals surface area contributed by atoms with E-state index >= 15 is 0 Å². The van der Waals surface area contributed by atoms with Gasteiger partial charge in [-0.2, -0.15) is 0 Å². The molecule has 2 heterocycles. The molecular weight excluding hydrogens is 250 g/mol. The number of amides is 1. The fraction of sp³-hybridized carbons (Fsp3) is 0.583. The second-order valence-electron chi connectivity index (χ2n) is 5.41. The normalized spacial score (nSPS) is 15.0. The monoisotopic (exact) mass is 267 g/mol. The van der Waals surface area contributed by atoms with Crippen LogP contribution < -0.4 is 4.90 Å². The summed E-state index contributed by atoms with van der Waals surface area (Å²) in [5, 5.41) is 8.93. The first-order valence-electron chi connectivity index (χ1n) is 6.09. The Hall–Kier alpha value is -2.05. The zero-order valence-electron chi connectivity index (χ0n) is 11.2. The summed E-state index contributed by atoms with van der Waals surface area (Å²) in [5.74, 6) is -0.774. The number of aromatic carboxylic acids is 1. The molecule has 1 aromatic rings. The predicted molar refractivity (Wildman–Crippen MR) is 67.4 cm³/mol. The average Bonchev–Trinajstić information content (AvgIpc) is 2.69. The van der Waals surface area contributed by atoms with Gasteiger partial charge in [0.15, 0.2) is 5.69 Å². The molecule has 0 radical (unpaired) electrons. The molecule has 7 nitrogen and oxygen atoms in total. The van der Waals surface area contributed by atoms with Crippen LogP contribution in [0, 0.1) is 0 Å². The fourth-order valence-corrected chi connectivity index (χ4v) is 1.88. The first-order valence-corrected chi connectivity index (χ1v) is 6.09. The Labute approximate surface area is 110 Å². The maximum Gasteiger partial charge on any atom is 0.417 e. The zero-order chi connectivity index (χ0) is 14.2. The number of rotatable bonds is 1. The van der Waals surface area contributed by atoms with Gasteiger partial charge in [0.05, 0.1) is 0 Å². The number of anilines is 1. The van der Waals surface area contributed by atoms with E-state index < -0.39 is 17.7 Å². The Morgan fingerprint density at radius 1 is 1.37 bits per heavy atom. The summed E-state index contributed by atoms with van der Waals surface area (Å²) in [6.45, 7) is 6.47. The number of fused-ring (bicyclic) bond motifs is 1. The molecule has 0 unspecified atom stereocenters. The van der Waals surface area contributed by atoms with Crippen LogP contribution >= 0.6 is 0 Å². The third-order valence-corrected chi connectivity index (χ3v) is 2.61. The number of hydrogen-bond donors (Lipinski definition) is 1. The van der Waals surface area contributed by atoms with Crippen molar-refractivity contribution in [3.05, 3.63) is 11.9 Å². The second kappa shape index (κ2) is 4.56. The highest BCUT2D eigenvalue weighted by Gasteiger charge is 2.30. The van der Waals surface area contributed by atoms with Gasteiger partial charge in [0.1, 0.15) is 5.60 Å². The lowest BCUT2D eigenvalue weighted by molar-refractivity contribution is 0.0570. The molecule has 0 fully saturated rings. The lowest BCUT2D eigenvalue weighted by atomic mass is 10.2. The van der Waals surface area contributed by atoms with Gasteiger partial charge in [-0.25, -0.2) is 19.5 Å². The van der Waals surface area contributed by atoms with Gasteiger partial charge in [-0.15, -0.1) is 0 Å². The molecule has 1 aliphatic heterocycles. The first kappa shape index (κ1) is 13.4. The predicted octanol–water partition coefficient (Wildman–Crippen LogP) is 1.73. The number of ether oxygens (including phenoxy) is 1. The lowest BCUT2D eigenvalue weighted by Gasteiger charge is -2.29. The molecule has 7 heteroatoms. The first-order chi connectivity index (χ1) is 8.78. The van der Waals surface area contributed by atoms with Crippen LogP contribution in [0.5, 0.6) is 0 Å². The number of carbonyl (C=O) groups is 2. The van der Waals surface area contributed by atoms with Gasteiger partial charge in [-0.3, -0.25) is 0 Å². The Kier molecular flexibility index (Phi) is 3.21. The van der Waals surface area contributed by atoms with Crippen LogP contribution in [0.3, 0.4) is 0 Å². The van der Waals surface area contributed by atoms with E-state index in [9.17, 15) is 9.59 Å². The molecule has 1 aromatic heterocycles. The second-order valence-corrected chi connectivity index (χ2v) is 5.41. The molecule has 2 rings (SSSR count). The quantitative estimate of drug-likeness (QED) is 0.837. The van der Waals surface area contributed by atoms with Crippen LogP contribution in [0.2, 0.25) is 0 Å². The van der Waals surface area contributed by atoms with E-state index in [0.717, 1.165) is 6.42 Å². The summed E-state index contributed by atoms with van der Waals surface area (Å²) < 4.78 is 6.95. The number of carbonyl (C=O) groups excluding carboxylic acids is 1. The third-order valence-electron chi connectivity index (χ3n) is 2.61. The van der Waals surface area contributed by atoms with E-state index in [0.29, 0.717) is 19.0 Å². The summed E-state index contributed by atoms with van der Waals surface area (Å²) in [4.78, 5) is 28.3.